The second-order valence-corrected chi connectivity index (χ2v) is 19.0. The van der Waals surface area contributed by atoms with Crippen LogP contribution in [-0.2, 0) is 34.3 Å². The van der Waals surface area contributed by atoms with Gasteiger partial charge in [0, 0.05) is 40.6 Å². The Labute approximate surface area is 316 Å². The van der Waals surface area contributed by atoms with Crippen molar-refractivity contribution in [2.24, 2.45) is 22.7 Å². The molecule has 288 valence electrons. The fourth-order valence-corrected chi connectivity index (χ4v) is 11.0. The molecule has 2 heterocycles. The standard InChI is InChI=1S/C41H49N3O9S/c1-25-13-18-33-39(5,6)34(42-54(49,50)28-16-14-27(15-17-28)44(47)48)19-20-41(33)40(25,7)22-30-32(51-24-26-11-9-8-10-12-26)21-29-31(35(30)52-41)23-43(36(29)45)37(46)53-38(2,3)4/h8-12,14-17,21,25,33-34,42H,13,18-20,22-24H2,1-7H3/t25-,33-,34-,40+,41-/m0/s1. The Morgan fingerprint density at radius 2 is 1.72 bits per heavy atom. The lowest BCUT2D eigenvalue weighted by Gasteiger charge is -2.67. The first-order valence-corrected chi connectivity index (χ1v) is 20.1. The predicted molar refractivity (Wildman–Crippen MR) is 201 cm³/mol. The fraction of sp³-hybridized carbons (Fsp3) is 0.512. The van der Waals surface area contributed by atoms with E-state index in [0.29, 0.717) is 41.9 Å². The summed E-state index contributed by atoms with van der Waals surface area (Å²) in [5, 5.41) is 11.2. The van der Waals surface area contributed by atoms with Gasteiger partial charge in [-0.15, -0.1) is 0 Å². The number of benzene rings is 3. The number of hydrogen-bond donors (Lipinski definition) is 1. The summed E-state index contributed by atoms with van der Waals surface area (Å²) in [6.07, 6.45) is 2.60. The van der Waals surface area contributed by atoms with Crippen LogP contribution >= 0.6 is 0 Å². The van der Waals surface area contributed by atoms with E-state index in [1.165, 1.54) is 24.3 Å². The van der Waals surface area contributed by atoms with Crippen LogP contribution in [0.1, 0.15) is 101 Å². The maximum Gasteiger partial charge on any atom is 0.417 e. The van der Waals surface area contributed by atoms with Gasteiger partial charge >= 0.3 is 6.09 Å². The number of nitro benzene ring substituents is 1. The molecular weight excluding hydrogens is 711 g/mol. The van der Waals surface area contributed by atoms with E-state index in [1.54, 1.807) is 26.8 Å². The molecule has 2 fully saturated rings. The number of nitrogens with zero attached hydrogens (tertiary/aromatic N) is 2. The molecule has 2 amide bonds. The van der Waals surface area contributed by atoms with Gasteiger partial charge in [-0.3, -0.25) is 14.9 Å². The van der Waals surface area contributed by atoms with Crippen molar-refractivity contribution in [2.45, 2.75) is 116 Å². The van der Waals surface area contributed by atoms with Gasteiger partial charge in [-0.05, 0) is 88.0 Å². The Bertz CT molecular complexity index is 2110. The van der Waals surface area contributed by atoms with Gasteiger partial charge in [-0.2, -0.15) is 0 Å². The molecule has 0 unspecified atom stereocenters. The van der Waals surface area contributed by atoms with Crippen molar-refractivity contribution in [3.63, 3.8) is 0 Å². The molecule has 2 saturated carbocycles. The molecule has 2 aliphatic heterocycles. The lowest BCUT2D eigenvalue weighted by Crippen LogP contribution is -2.71. The minimum atomic E-state index is -4.01. The second kappa shape index (κ2) is 13.1. The van der Waals surface area contributed by atoms with Crippen LogP contribution < -0.4 is 14.2 Å². The van der Waals surface area contributed by atoms with Crippen LogP contribution in [0.4, 0.5) is 10.5 Å². The van der Waals surface area contributed by atoms with Crippen LogP contribution in [0.25, 0.3) is 0 Å². The largest absolute Gasteiger partial charge is 0.488 e. The Morgan fingerprint density at radius 3 is 2.37 bits per heavy atom. The van der Waals surface area contributed by atoms with Crippen LogP contribution in [0, 0.1) is 32.8 Å². The molecule has 2 aliphatic carbocycles. The van der Waals surface area contributed by atoms with E-state index in [1.807, 2.05) is 30.3 Å². The van der Waals surface area contributed by atoms with Crippen LogP contribution in [0.5, 0.6) is 11.5 Å². The molecule has 0 saturated heterocycles. The summed E-state index contributed by atoms with van der Waals surface area (Å²) < 4.78 is 50.1. The number of nitrogens with one attached hydrogen (secondary N) is 1. The molecule has 0 aromatic heterocycles. The Kier molecular flexibility index (Phi) is 9.16. The normalized spacial score (nSPS) is 27.1. The number of amides is 2. The Morgan fingerprint density at radius 1 is 1.04 bits per heavy atom. The minimum Gasteiger partial charge on any atom is -0.488 e. The summed E-state index contributed by atoms with van der Waals surface area (Å²) in [5.41, 5.74) is 0.0937. The number of nitro groups is 1. The van der Waals surface area contributed by atoms with Gasteiger partial charge in [0.1, 0.15) is 29.3 Å². The average Bonchev–Trinajstić information content (AvgIpc) is 3.44. The number of carbonyl (C=O) groups excluding carboxylic acids is 2. The van der Waals surface area contributed by atoms with Gasteiger partial charge in [0.2, 0.25) is 10.0 Å². The number of carbonyl (C=O) groups is 2. The lowest BCUT2D eigenvalue weighted by atomic mass is 9.43. The molecular formula is C41H49N3O9S. The van der Waals surface area contributed by atoms with Crippen LogP contribution in [0.15, 0.2) is 65.6 Å². The van der Waals surface area contributed by atoms with Gasteiger partial charge in [0.05, 0.1) is 21.9 Å². The van der Waals surface area contributed by atoms with Crippen LogP contribution in [0.2, 0.25) is 0 Å². The Balaban J connectivity index is 1.28. The van der Waals surface area contributed by atoms with Crippen molar-refractivity contribution in [1.82, 2.24) is 9.62 Å². The van der Waals surface area contributed by atoms with Gasteiger partial charge < -0.3 is 14.2 Å². The highest BCUT2D eigenvalue weighted by atomic mass is 32.2. The first-order chi connectivity index (χ1) is 25.3. The maximum atomic E-state index is 14.0. The van der Waals surface area contributed by atoms with E-state index in [2.05, 4.69) is 32.4 Å². The quantitative estimate of drug-likeness (QED) is 0.187. The summed E-state index contributed by atoms with van der Waals surface area (Å²) in [7, 11) is -4.01. The van der Waals surface area contributed by atoms with Crippen molar-refractivity contribution in [2.75, 3.05) is 0 Å². The number of rotatable bonds is 7. The van der Waals surface area contributed by atoms with Crippen molar-refractivity contribution < 1.29 is 37.1 Å². The fourth-order valence-electron chi connectivity index (χ4n) is 9.58. The summed E-state index contributed by atoms with van der Waals surface area (Å²) in [5.74, 6) is 0.773. The van der Waals surface area contributed by atoms with E-state index < -0.39 is 55.0 Å². The molecule has 5 atom stereocenters. The zero-order chi connectivity index (χ0) is 39.0. The summed E-state index contributed by atoms with van der Waals surface area (Å²) in [4.78, 5) is 39.1. The molecule has 3 aromatic rings. The summed E-state index contributed by atoms with van der Waals surface area (Å²) >= 11 is 0. The van der Waals surface area contributed by atoms with Crippen LogP contribution in [0.3, 0.4) is 0 Å². The first kappa shape index (κ1) is 37.8. The molecule has 54 heavy (non-hydrogen) atoms. The van der Waals surface area contributed by atoms with Crippen molar-refractivity contribution in [1.29, 1.82) is 0 Å². The SMILES string of the molecule is C[C@H]1CC[C@H]2C(C)(C)[C@@H](NS(=O)(=O)c3ccc([N+](=O)[O-])cc3)CC[C@]23Oc2c(c(OCc4ccccc4)cc4c2CN(C(=O)OC(C)(C)C)C4=O)C[C@]13C. The van der Waals surface area contributed by atoms with E-state index >= 15 is 0 Å². The molecule has 4 aliphatic rings. The number of ether oxygens (including phenoxy) is 3. The van der Waals surface area contributed by atoms with Gasteiger partial charge in [-0.1, -0.05) is 58.0 Å². The maximum absolute atomic E-state index is 14.0. The molecule has 0 radical (unpaired) electrons. The van der Waals surface area contributed by atoms with Gasteiger partial charge in [-0.25, -0.2) is 22.8 Å². The molecule has 3 aromatic carbocycles. The van der Waals surface area contributed by atoms with E-state index in [-0.39, 0.29) is 35.6 Å². The molecule has 1 spiro atoms. The molecule has 0 bridgehead atoms. The van der Waals surface area contributed by atoms with Gasteiger partial charge in [0.15, 0.2) is 0 Å². The van der Waals surface area contributed by atoms with E-state index in [4.69, 9.17) is 14.2 Å². The molecule has 1 N–H and O–H groups in total. The van der Waals surface area contributed by atoms with Crippen LogP contribution in [-0.4, -0.2) is 47.5 Å². The first-order valence-electron chi connectivity index (χ1n) is 18.6. The second-order valence-electron chi connectivity index (χ2n) is 17.3. The monoisotopic (exact) mass is 759 g/mol. The molecule has 12 nitrogen and oxygen atoms in total. The zero-order valence-corrected chi connectivity index (χ0v) is 32.7. The van der Waals surface area contributed by atoms with Crippen molar-refractivity contribution in [3.8, 4) is 11.5 Å². The Hall–Kier alpha value is -4.49. The third kappa shape index (κ3) is 6.22. The number of imide groups is 1. The lowest BCUT2D eigenvalue weighted by molar-refractivity contribution is -0.384. The molecule has 7 rings (SSSR count). The van der Waals surface area contributed by atoms with E-state index in [0.717, 1.165) is 28.9 Å². The third-order valence-electron chi connectivity index (χ3n) is 12.7. The highest BCUT2D eigenvalue weighted by molar-refractivity contribution is 7.89. The van der Waals surface area contributed by atoms with Crippen molar-refractivity contribution >= 4 is 27.7 Å². The van der Waals surface area contributed by atoms with Gasteiger partial charge in [0.25, 0.3) is 11.6 Å². The number of fused-ring (bicyclic) bond motifs is 3. The predicted octanol–water partition coefficient (Wildman–Crippen LogP) is 7.96. The number of hydrogen-bond acceptors (Lipinski definition) is 9. The van der Waals surface area contributed by atoms with Crippen molar-refractivity contribution in [3.05, 3.63) is 93.0 Å². The topological polar surface area (TPSA) is 154 Å². The number of sulfonamides is 1. The summed E-state index contributed by atoms with van der Waals surface area (Å²) in [6.45, 7) is 14.3. The zero-order valence-electron chi connectivity index (χ0n) is 31.9. The smallest absolute Gasteiger partial charge is 0.417 e. The highest BCUT2D eigenvalue weighted by Crippen LogP contribution is 2.67. The summed E-state index contributed by atoms with van der Waals surface area (Å²) in [6, 6.07) is 16.0. The highest BCUT2D eigenvalue weighted by Gasteiger charge is 2.68. The number of non-ortho nitro benzene ring substituents is 1. The van der Waals surface area contributed by atoms with E-state index in [9.17, 15) is 28.1 Å². The molecule has 13 heteroatoms. The average molecular weight is 760 g/mol. The third-order valence-corrected chi connectivity index (χ3v) is 14.2. The minimum absolute atomic E-state index is 0.00154.